The van der Waals surface area contributed by atoms with Crippen molar-refractivity contribution in [3.63, 3.8) is 0 Å². The number of hydrogen-bond acceptors (Lipinski definition) is 2. The van der Waals surface area contributed by atoms with Gasteiger partial charge in [-0.25, -0.2) is 0 Å². The molecule has 4 nitrogen and oxygen atoms in total. The lowest BCUT2D eigenvalue weighted by Gasteiger charge is -2.32. The third-order valence-corrected chi connectivity index (χ3v) is 6.87. The molecule has 1 atom stereocenters. The van der Waals surface area contributed by atoms with Crippen LogP contribution in [-0.2, 0) is 35.4 Å². The van der Waals surface area contributed by atoms with E-state index in [1.807, 2.05) is 84.9 Å². The molecule has 4 aromatic rings. The van der Waals surface area contributed by atoms with Crippen LogP contribution in [-0.4, -0.2) is 29.3 Å². The summed E-state index contributed by atoms with van der Waals surface area (Å²) < 4.78 is 0. The summed E-state index contributed by atoms with van der Waals surface area (Å²) in [4.78, 5) is 29.2. The van der Waals surface area contributed by atoms with Gasteiger partial charge in [0.25, 0.3) is 0 Å². The molecule has 0 saturated heterocycles. The molecule has 0 radical (unpaired) electrons. The molecule has 0 aliphatic rings. The standard InChI is InChI=1S/C32H30Cl2N2O2/c33-28-15-11-26(12-16-28)22-31(37)36(23-27-13-17-29(34)18-14-27)30(21-25-9-5-2-6-10-25)32(38)35-20-19-24-7-3-1-4-8-24/h1-18,30H,19-23H2,(H,35,38)/t30-/m0/s1. The van der Waals surface area contributed by atoms with E-state index in [2.05, 4.69) is 5.32 Å². The van der Waals surface area contributed by atoms with Gasteiger partial charge in [-0.2, -0.15) is 0 Å². The van der Waals surface area contributed by atoms with Gasteiger partial charge in [-0.3, -0.25) is 9.59 Å². The fourth-order valence-corrected chi connectivity index (χ4v) is 4.56. The Morgan fingerprint density at radius 1 is 0.658 bits per heavy atom. The quantitative estimate of drug-likeness (QED) is 0.233. The van der Waals surface area contributed by atoms with Crippen LogP contribution < -0.4 is 5.32 Å². The van der Waals surface area contributed by atoms with Crippen molar-refractivity contribution in [3.8, 4) is 0 Å². The topological polar surface area (TPSA) is 49.4 Å². The number of hydrogen-bond donors (Lipinski definition) is 1. The first kappa shape index (κ1) is 27.4. The predicted octanol–water partition coefficient (Wildman–Crippen LogP) is 6.53. The Morgan fingerprint density at radius 3 is 1.76 bits per heavy atom. The fourth-order valence-electron chi connectivity index (χ4n) is 4.31. The largest absolute Gasteiger partial charge is 0.354 e. The van der Waals surface area contributed by atoms with E-state index in [4.69, 9.17) is 23.2 Å². The highest BCUT2D eigenvalue weighted by atomic mass is 35.5. The summed E-state index contributed by atoms with van der Waals surface area (Å²) in [5, 5.41) is 4.31. The van der Waals surface area contributed by atoms with Gasteiger partial charge in [0.05, 0.1) is 6.42 Å². The van der Waals surface area contributed by atoms with Crippen LogP contribution in [0.5, 0.6) is 0 Å². The van der Waals surface area contributed by atoms with Crippen molar-refractivity contribution < 1.29 is 9.59 Å². The highest BCUT2D eigenvalue weighted by molar-refractivity contribution is 6.30. The molecule has 4 aromatic carbocycles. The van der Waals surface area contributed by atoms with Crippen LogP contribution >= 0.6 is 23.2 Å². The summed E-state index contributed by atoms with van der Waals surface area (Å²) in [5.74, 6) is -0.315. The van der Waals surface area contributed by atoms with Crippen molar-refractivity contribution >= 4 is 35.0 Å². The van der Waals surface area contributed by atoms with Gasteiger partial charge in [-0.15, -0.1) is 0 Å². The first-order valence-electron chi connectivity index (χ1n) is 12.6. The Kier molecular flexibility index (Phi) is 9.97. The molecule has 6 heteroatoms. The molecule has 0 spiro atoms. The molecular weight excluding hydrogens is 515 g/mol. The number of halogens is 2. The summed E-state index contributed by atoms with van der Waals surface area (Å²) >= 11 is 12.2. The average molecular weight is 546 g/mol. The smallest absolute Gasteiger partial charge is 0.243 e. The van der Waals surface area contributed by atoms with Gasteiger partial charge in [-0.1, -0.05) is 108 Å². The maximum atomic E-state index is 13.8. The Labute approximate surface area is 234 Å². The van der Waals surface area contributed by atoms with E-state index in [-0.39, 0.29) is 24.8 Å². The van der Waals surface area contributed by atoms with Crippen LogP contribution in [0.15, 0.2) is 109 Å². The zero-order valence-electron chi connectivity index (χ0n) is 21.0. The van der Waals surface area contributed by atoms with E-state index in [0.29, 0.717) is 29.4 Å². The van der Waals surface area contributed by atoms with E-state index < -0.39 is 6.04 Å². The third kappa shape index (κ3) is 8.20. The lowest BCUT2D eigenvalue weighted by Crippen LogP contribution is -2.51. The number of nitrogens with one attached hydrogen (secondary N) is 1. The van der Waals surface area contributed by atoms with Gasteiger partial charge in [0.1, 0.15) is 6.04 Å². The van der Waals surface area contributed by atoms with Gasteiger partial charge in [0.2, 0.25) is 11.8 Å². The second kappa shape index (κ2) is 13.8. The van der Waals surface area contributed by atoms with Crippen LogP contribution in [0.4, 0.5) is 0 Å². The van der Waals surface area contributed by atoms with Crippen molar-refractivity contribution in [2.75, 3.05) is 6.54 Å². The van der Waals surface area contributed by atoms with Crippen LogP contribution in [0.2, 0.25) is 10.0 Å². The van der Waals surface area contributed by atoms with E-state index >= 15 is 0 Å². The lowest BCUT2D eigenvalue weighted by molar-refractivity contribution is -0.140. The molecule has 0 unspecified atom stereocenters. The fraction of sp³-hybridized carbons (Fsp3) is 0.188. The summed E-state index contributed by atoms with van der Waals surface area (Å²) in [6, 6.07) is 33.7. The molecule has 0 fully saturated rings. The van der Waals surface area contributed by atoms with E-state index in [1.54, 1.807) is 29.2 Å². The molecular formula is C32H30Cl2N2O2. The molecule has 0 aromatic heterocycles. The van der Waals surface area contributed by atoms with Gasteiger partial charge < -0.3 is 10.2 Å². The molecule has 4 rings (SSSR count). The van der Waals surface area contributed by atoms with Gasteiger partial charge >= 0.3 is 0 Å². The van der Waals surface area contributed by atoms with E-state index in [9.17, 15) is 9.59 Å². The Bertz CT molecular complexity index is 1310. The Morgan fingerprint density at radius 2 is 1.18 bits per heavy atom. The first-order valence-corrected chi connectivity index (χ1v) is 13.4. The monoisotopic (exact) mass is 544 g/mol. The zero-order valence-corrected chi connectivity index (χ0v) is 22.5. The van der Waals surface area contributed by atoms with Crippen molar-refractivity contribution in [1.29, 1.82) is 0 Å². The van der Waals surface area contributed by atoms with Crippen LogP contribution in [0.3, 0.4) is 0 Å². The van der Waals surface area contributed by atoms with Gasteiger partial charge in [0, 0.05) is 29.6 Å². The molecule has 194 valence electrons. The Balaban J connectivity index is 1.60. The highest BCUT2D eigenvalue weighted by Gasteiger charge is 2.30. The zero-order chi connectivity index (χ0) is 26.7. The van der Waals surface area contributed by atoms with Gasteiger partial charge in [-0.05, 0) is 52.9 Å². The van der Waals surface area contributed by atoms with Crippen molar-refractivity contribution in [2.45, 2.75) is 31.8 Å². The lowest BCUT2D eigenvalue weighted by atomic mass is 10.0. The Hall–Kier alpha value is -3.60. The average Bonchev–Trinajstić information content (AvgIpc) is 2.94. The molecule has 0 heterocycles. The number of rotatable bonds is 11. The summed E-state index contributed by atoms with van der Waals surface area (Å²) in [6.07, 6.45) is 1.27. The van der Waals surface area contributed by atoms with Crippen LogP contribution in [0, 0.1) is 0 Å². The minimum absolute atomic E-state index is 0.138. The summed E-state index contributed by atoms with van der Waals surface area (Å²) in [7, 11) is 0. The van der Waals surface area contributed by atoms with E-state index in [0.717, 1.165) is 22.3 Å². The first-order chi connectivity index (χ1) is 18.5. The van der Waals surface area contributed by atoms with Crippen LogP contribution in [0.1, 0.15) is 22.3 Å². The maximum Gasteiger partial charge on any atom is 0.243 e. The molecule has 0 aliphatic heterocycles. The minimum atomic E-state index is -0.691. The molecule has 38 heavy (non-hydrogen) atoms. The maximum absolute atomic E-state index is 13.8. The molecule has 1 N–H and O–H groups in total. The summed E-state index contributed by atoms with van der Waals surface area (Å²) in [5.41, 5.74) is 3.86. The molecule has 2 amide bonds. The third-order valence-electron chi connectivity index (χ3n) is 6.36. The number of benzene rings is 4. The van der Waals surface area contributed by atoms with E-state index in [1.165, 1.54) is 0 Å². The second-order valence-corrected chi connectivity index (χ2v) is 10.1. The molecule has 0 aliphatic carbocycles. The number of nitrogens with zero attached hydrogens (tertiary/aromatic N) is 1. The highest BCUT2D eigenvalue weighted by Crippen LogP contribution is 2.19. The van der Waals surface area contributed by atoms with Crippen LogP contribution in [0.25, 0.3) is 0 Å². The van der Waals surface area contributed by atoms with Crippen molar-refractivity contribution in [2.24, 2.45) is 0 Å². The number of carbonyl (C=O) groups excluding carboxylic acids is 2. The number of amides is 2. The van der Waals surface area contributed by atoms with Crippen molar-refractivity contribution in [3.05, 3.63) is 141 Å². The van der Waals surface area contributed by atoms with Gasteiger partial charge in [0.15, 0.2) is 0 Å². The molecule has 0 saturated carbocycles. The van der Waals surface area contributed by atoms with Crippen molar-refractivity contribution in [1.82, 2.24) is 10.2 Å². The normalized spacial score (nSPS) is 11.5. The summed E-state index contributed by atoms with van der Waals surface area (Å²) in [6.45, 7) is 0.765. The number of carbonyl (C=O) groups is 2. The second-order valence-electron chi connectivity index (χ2n) is 9.18. The minimum Gasteiger partial charge on any atom is -0.354 e. The SMILES string of the molecule is O=C(NCCc1ccccc1)[C@H](Cc1ccccc1)N(Cc1ccc(Cl)cc1)C(=O)Cc1ccc(Cl)cc1. The molecule has 0 bridgehead atoms. The predicted molar refractivity (Wildman–Crippen MR) is 154 cm³/mol.